The van der Waals surface area contributed by atoms with Crippen molar-refractivity contribution in [3.05, 3.63) is 48.5 Å². The molecule has 3 rings (SSSR count). The van der Waals surface area contributed by atoms with E-state index < -0.39 is 15.8 Å². The zero-order chi connectivity index (χ0) is 17.3. The van der Waals surface area contributed by atoms with Gasteiger partial charge in [0.05, 0.1) is 19.0 Å². The zero-order valence-corrected chi connectivity index (χ0v) is 14.3. The van der Waals surface area contributed by atoms with Crippen LogP contribution < -0.4 is 9.04 Å². The van der Waals surface area contributed by atoms with Crippen LogP contribution in [0.2, 0.25) is 0 Å². The van der Waals surface area contributed by atoms with Crippen LogP contribution in [-0.4, -0.2) is 26.6 Å². The van der Waals surface area contributed by atoms with Crippen molar-refractivity contribution in [2.75, 3.05) is 11.4 Å². The van der Waals surface area contributed by atoms with Crippen molar-refractivity contribution in [3.8, 4) is 5.75 Å². The highest BCUT2D eigenvalue weighted by Gasteiger charge is 2.38. The number of ether oxygens (including phenoxy) is 1. The summed E-state index contributed by atoms with van der Waals surface area (Å²) >= 11 is 0. The summed E-state index contributed by atoms with van der Waals surface area (Å²) in [6, 6.07) is 7.59. The molecule has 1 aromatic carbocycles. The summed E-state index contributed by atoms with van der Waals surface area (Å²) in [5.41, 5.74) is 0.527. The normalized spacial score (nSPS) is 15.8. The Morgan fingerprint density at radius 2 is 1.92 bits per heavy atom. The highest BCUT2D eigenvalue weighted by atomic mass is 32.2. The van der Waals surface area contributed by atoms with E-state index in [-0.39, 0.29) is 10.9 Å². The fourth-order valence-corrected chi connectivity index (χ4v) is 4.43. The van der Waals surface area contributed by atoms with Crippen LogP contribution in [0.5, 0.6) is 5.75 Å². The highest BCUT2D eigenvalue weighted by Crippen LogP contribution is 2.39. The molecule has 0 bridgehead atoms. The molecule has 0 aliphatic heterocycles. The predicted molar refractivity (Wildman–Crippen MR) is 89.0 cm³/mol. The molecule has 1 aliphatic rings. The molecule has 1 aromatic heterocycles. The van der Waals surface area contributed by atoms with Crippen LogP contribution in [-0.2, 0) is 10.0 Å². The van der Waals surface area contributed by atoms with Gasteiger partial charge in [0.25, 0.3) is 10.0 Å². The van der Waals surface area contributed by atoms with Gasteiger partial charge < -0.3 is 4.74 Å². The number of halogens is 1. The average Bonchev–Trinajstić information content (AvgIpc) is 3.40. The molecular weight excluding hydrogens is 331 g/mol. The molecule has 0 unspecified atom stereocenters. The van der Waals surface area contributed by atoms with Crippen LogP contribution in [0, 0.1) is 11.7 Å². The van der Waals surface area contributed by atoms with Crippen LogP contribution in [0.3, 0.4) is 0 Å². The lowest BCUT2D eigenvalue weighted by molar-refractivity contribution is 0.415. The van der Waals surface area contributed by atoms with Gasteiger partial charge in [-0.3, -0.25) is 9.29 Å². The minimum atomic E-state index is -3.91. The molecule has 128 valence electrons. The van der Waals surface area contributed by atoms with E-state index in [1.807, 2.05) is 6.92 Å². The predicted octanol–water partition coefficient (Wildman–Crippen LogP) is 3.22. The lowest BCUT2D eigenvalue weighted by Gasteiger charge is -2.30. The molecule has 1 saturated carbocycles. The first-order valence-electron chi connectivity index (χ1n) is 7.72. The molecule has 1 heterocycles. The molecule has 7 heteroatoms. The summed E-state index contributed by atoms with van der Waals surface area (Å²) in [6.45, 7) is 1.88. The number of benzene rings is 1. The number of anilines is 1. The van der Waals surface area contributed by atoms with Gasteiger partial charge >= 0.3 is 0 Å². The maximum absolute atomic E-state index is 13.5. The fourth-order valence-electron chi connectivity index (χ4n) is 2.74. The lowest BCUT2D eigenvalue weighted by atomic mass is 10.2. The van der Waals surface area contributed by atoms with Crippen LogP contribution in [0.1, 0.15) is 19.8 Å². The van der Waals surface area contributed by atoms with Crippen molar-refractivity contribution in [3.63, 3.8) is 0 Å². The third-order valence-electron chi connectivity index (χ3n) is 4.24. The Hall–Kier alpha value is -2.15. The zero-order valence-electron chi connectivity index (χ0n) is 13.5. The number of hydrogen-bond acceptors (Lipinski definition) is 4. The molecule has 0 spiro atoms. The second kappa shape index (κ2) is 6.39. The molecule has 2 aromatic rings. The Morgan fingerprint density at radius 1 is 1.25 bits per heavy atom. The van der Waals surface area contributed by atoms with Crippen LogP contribution >= 0.6 is 0 Å². The summed E-state index contributed by atoms with van der Waals surface area (Å²) in [5, 5.41) is 0. The second-order valence-corrected chi connectivity index (χ2v) is 7.73. The summed E-state index contributed by atoms with van der Waals surface area (Å²) in [5.74, 6) is 0.274. The van der Waals surface area contributed by atoms with E-state index in [4.69, 9.17) is 4.74 Å². The van der Waals surface area contributed by atoms with Gasteiger partial charge in [0.1, 0.15) is 16.5 Å². The van der Waals surface area contributed by atoms with E-state index >= 15 is 0 Å². The third kappa shape index (κ3) is 3.21. The van der Waals surface area contributed by atoms with Gasteiger partial charge in [-0.15, -0.1) is 0 Å². The molecule has 1 aliphatic carbocycles. The Balaban J connectivity index is 2.06. The number of pyridine rings is 1. The van der Waals surface area contributed by atoms with Crippen LogP contribution in [0.15, 0.2) is 47.6 Å². The fraction of sp³-hybridized carbons (Fsp3) is 0.353. The SMILES string of the molecule is COc1ccc(N([C@H](C)C2CC2)S(=O)(=O)c2cncc(F)c2)cc1. The summed E-state index contributed by atoms with van der Waals surface area (Å²) in [4.78, 5) is 3.53. The van der Waals surface area contributed by atoms with E-state index in [2.05, 4.69) is 4.98 Å². The first-order valence-corrected chi connectivity index (χ1v) is 9.16. The van der Waals surface area contributed by atoms with Gasteiger partial charge in [0.2, 0.25) is 0 Å². The number of aromatic nitrogens is 1. The molecule has 0 saturated heterocycles. The number of nitrogens with zero attached hydrogens (tertiary/aromatic N) is 2. The molecule has 24 heavy (non-hydrogen) atoms. The van der Waals surface area contributed by atoms with Gasteiger partial charge in [0.15, 0.2) is 0 Å². The van der Waals surface area contributed by atoms with Crippen molar-refractivity contribution in [1.29, 1.82) is 0 Å². The van der Waals surface area contributed by atoms with E-state index in [1.165, 1.54) is 10.5 Å². The summed E-state index contributed by atoms with van der Waals surface area (Å²) in [6.07, 6.45) is 4.14. The Kier molecular flexibility index (Phi) is 4.45. The largest absolute Gasteiger partial charge is 0.497 e. The standard InChI is InChI=1S/C17H19FN2O3S/c1-12(13-3-4-13)20(15-5-7-16(23-2)8-6-15)24(21,22)17-9-14(18)10-19-11-17/h5-13H,3-4H2,1-2H3/t12-/m1/s1. The van der Waals surface area contributed by atoms with E-state index in [0.717, 1.165) is 25.1 Å². The minimum absolute atomic E-state index is 0.147. The van der Waals surface area contributed by atoms with Crippen molar-refractivity contribution in [2.45, 2.75) is 30.7 Å². The topological polar surface area (TPSA) is 59.5 Å². The van der Waals surface area contributed by atoms with Gasteiger partial charge in [-0.25, -0.2) is 12.8 Å². The van der Waals surface area contributed by atoms with Gasteiger partial charge in [0, 0.05) is 12.2 Å². The molecule has 5 nitrogen and oxygen atoms in total. The van der Waals surface area contributed by atoms with Gasteiger partial charge in [-0.2, -0.15) is 0 Å². The Morgan fingerprint density at radius 3 is 2.46 bits per heavy atom. The monoisotopic (exact) mass is 350 g/mol. The molecule has 0 amide bonds. The summed E-state index contributed by atoms with van der Waals surface area (Å²) < 4.78 is 46.2. The van der Waals surface area contributed by atoms with Gasteiger partial charge in [-0.1, -0.05) is 0 Å². The van der Waals surface area contributed by atoms with Crippen molar-refractivity contribution in [1.82, 2.24) is 4.98 Å². The minimum Gasteiger partial charge on any atom is -0.497 e. The second-order valence-electron chi connectivity index (χ2n) is 5.92. The number of hydrogen-bond donors (Lipinski definition) is 0. The number of methoxy groups -OCH3 is 1. The van der Waals surface area contributed by atoms with Crippen LogP contribution in [0.4, 0.5) is 10.1 Å². The van der Waals surface area contributed by atoms with Crippen molar-refractivity contribution in [2.24, 2.45) is 5.92 Å². The Bertz CT molecular complexity index is 820. The lowest BCUT2D eigenvalue weighted by Crippen LogP contribution is -2.40. The highest BCUT2D eigenvalue weighted by molar-refractivity contribution is 7.92. The molecule has 1 atom stereocenters. The Labute approximate surface area is 141 Å². The number of rotatable bonds is 6. The van der Waals surface area contributed by atoms with Crippen molar-refractivity contribution >= 4 is 15.7 Å². The summed E-state index contributed by atoms with van der Waals surface area (Å²) in [7, 11) is -2.36. The smallest absolute Gasteiger partial charge is 0.266 e. The molecule has 0 radical (unpaired) electrons. The first-order chi connectivity index (χ1) is 11.4. The third-order valence-corrected chi connectivity index (χ3v) is 6.12. The quantitative estimate of drug-likeness (QED) is 0.803. The van der Waals surface area contributed by atoms with Crippen LogP contribution in [0.25, 0.3) is 0 Å². The van der Waals surface area contributed by atoms with Gasteiger partial charge in [-0.05, 0) is 56.0 Å². The van der Waals surface area contributed by atoms with E-state index in [9.17, 15) is 12.8 Å². The van der Waals surface area contributed by atoms with Crippen molar-refractivity contribution < 1.29 is 17.5 Å². The molecular formula is C17H19FN2O3S. The maximum atomic E-state index is 13.5. The maximum Gasteiger partial charge on any atom is 0.266 e. The molecule has 1 fully saturated rings. The van der Waals surface area contributed by atoms with E-state index in [0.29, 0.717) is 17.4 Å². The first kappa shape index (κ1) is 16.7. The molecule has 0 N–H and O–H groups in total. The van der Waals surface area contributed by atoms with E-state index in [1.54, 1.807) is 31.4 Å². The average molecular weight is 350 g/mol. The number of sulfonamides is 1.